The van der Waals surface area contributed by atoms with Crippen LogP contribution in [0.5, 0.6) is 0 Å². The molecule has 0 bridgehead atoms. The van der Waals surface area contributed by atoms with Crippen LogP contribution in [0.3, 0.4) is 0 Å². The Morgan fingerprint density at radius 1 is 0.771 bits per heavy atom. The molecule has 2 N–H and O–H groups in total. The highest BCUT2D eigenvalue weighted by molar-refractivity contribution is 9.12. The van der Waals surface area contributed by atoms with E-state index in [1.807, 2.05) is 12.0 Å². The van der Waals surface area contributed by atoms with E-state index in [1.165, 1.54) is 0 Å². The summed E-state index contributed by atoms with van der Waals surface area (Å²) in [5.74, 6) is 0. The fourth-order valence-electron chi connectivity index (χ4n) is 5.26. The zero-order valence-electron chi connectivity index (χ0n) is 34.4. The topological polar surface area (TPSA) is 72.2 Å². The monoisotopic (exact) mass is 807 g/mol. The Labute approximate surface area is 310 Å². The molecule has 290 valence electrons. The molecule has 6 unspecified atom stereocenters. The number of hydrogen-bond donors (Lipinski definition) is 1. The Kier molecular flexibility index (Phi) is 17.8. The average molecular weight is 809 g/mol. The highest BCUT2D eigenvalue weighted by atomic mass is 35.8. The lowest BCUT2D eigenvalue weighted by Crippen LogP contribution is -2.65. The van der Waals surface area contributed by atoms with Gasteiger partial charge in [-0.1, -0.05) is 72.2 Å². The summed E-state index contributed by atoms with van der Waals surface area (Å²) in [6, 6.07) is 0.836. The zero-order chi connectivity index (χ0) is 38.5. The van der Waals surface area contributed by atoms with E-state index in [0.29, 0.717) is 12.6 Å². The SMILES string of the molecule is C=C[Si](C)(C)C(C)(CC)O[Si](C)(CC)C(C)(C)OS(OC(CC)CC)(OC(C)(CC)S(C)(C)OC(C)(C)[Si](C)(C=C)CN)S(C)(Cl)C=C. The summed E-state index contributed by atoms with van der Waals surface area (Å²) in [5, 5.41) is 0.210. The van der Waals surface area contributed by atoms with Gasteiger partial charge >= 0.3 is 0 Å². The minimum absolute atomic E-state index is 0.130. The summed E-state index contributed by atoms with van der Waals surface area (Å²) in [6.45, 7) is 45.6. The molecule has 6 nitrogen and oxygen atoms in total. The molecule has 48 heavy (non-hydrogen) atoms. The Morgan fingerprint density at radius 2 is 1.27 bits per heavy atom. The molecule has 0 saturated carbocycles. The molecule has 0 aromatic carbocycles. The first-order valence-corrected chi connectivity index (χ1v) is 33.3. The van der Waals surface area contributed by atoms with Crippen LogP contribution in [-0.4, -0.2) is 76.1 Å². The van der Waals surface area contributed by atoms with Gasteiger partial charge in [0.15, 0.2) is 0 Å². The lowest BCUT2D eigenvalue weighted by atomic mass is 10.2. The maximum absolute atomic E-state index is 7.66. The molecule has 0 aliphatic heterocycles. The Bertz CT molecular complexity index is 1100. The normalized spacial score (nSPS) is 22.9. The minimum Gasteiger partial charge on any atom is -0.411 e. The van der Waals surface area contributed by atoms with E-state index in [2.05, 4.69) is 140 Å². The van der Waals surface area contributed by atoms with Crippen LogP contribution in [0, 0.1) is 0 Å². The third-order valence-electron chi connectivity index (χ3n) is 11.7. The molecular formula is C35H78ClNO5S3Si3. The summed E-state index contributed by atoms with van der Waals surface area (Å²) in [4.78, 5) is -0.806. The van der Waals surface area contributed by atoms with E-state index in [-0.39, 0.29) is 11.3 Å². The Morgan fingerprint density at radius 3 is 1.60 bits per heavy atom. The van der Waals surface area contributed by atoms with Gasteiger partial charge in [0.2, 0.25) is 8.32 Å². The lowest BCUT2D eigenvalue weighted by molar-refractivity contribution is 0.0436. The molecule has 0 fully saturated rings. The summed E-state index contributed by atoms with van der Waals surface area (Å²) in [7, 11) is -6.55. The van der Waals surface area contributed by atoms with Crippen molar-refractivity contribution in [2.45, 2.75) is 161 Å². The molecule has 0 radical (unpaired) electrons. The minimum atomic E-state index is -2.97. The molecule has 6 atom stereocenters. The molecule has 0 heterocycles. The van der Waals surface area contributed by atoms with Gasteiger partial charge in [0.05, 0.1) is 16.6 Å². The second-order valence-corrected chi connectivity index (χ2v) is 42.8. The molecule has 13 heteroatoms. The first kappa shape index (κ1) is 49.0. The van der Waals surface area contributed by atoms with Crippen molar-refractivity contribution in [3.8, 4) is 0 Å². The van der Waals surface area contributed by atoms with Crippen LogP contribution in [0.15, 0.2) is 36.5 Å². The molecular weight excluding hydrogens is 730 g/mol. The maximum atomic E-state index is 7.66. The van der Waals surface area contributed by atoms with E-state index in [9.17, 15) is 0 Å². The fraction of sp³-hybridized carbons (Fsp3) is 0.829. The number of nitrogens with two attached hydrogens (primary N) is 1. The van der Waals surface area contributed by atoms with Crippen molar-refractivity contribution in [2.24, 2.45) is 5.73 Å². The molecule has 0 rings (SSSR count). The van der Waals surface area contributed by atoms with Crippen molar-refractivity contribution in [3.63, 3.8) is 0 Å². The molecule has 0 aromatic rings. The number of halogens is 1. The molecule has 0 spiro atoms. The van der Waals surface area contributed by atoms with Crippen LogP contribution in [0.2, 0.25) is 32.2 Å². The van der Waals surface area contributed by atoms with Crippen molar-refractivity contribution >= 4 is 63.6 Å². The van der Waals surface area contributed by atoms with Crippen LogP contribution in [0.25, 0.3) is 0 Å². The van der Waals surface area contributed by atoms with Crippen LogP contribution >= 0.6 is 39.2 Å². The van der Waals surface area contributed by atoms with Gasteiger partial charge in [-0.25, -0.2) is 0 Å². The highest BCUT2D eigenvalue weighted by Crippen LogP contribution is 2.88. The second-order valence-electron chi connectivity index (χ2n) is 15.9. The van der Waals surface area contributed by atoms with Crippen LogP contribution in [-0.2, 0) is 21.2 Å². The molecule has 0 aromatic heterocycles. The van der Waals surface area contributed by atoms with E-state index in [4.69, 9.17) is 37.6 Å². The van der Waals surface area contributed by atoms with Crippen molar-refractivity contribution < 1.29 is 21.2 Å². The third kappa shape index (κ3) is 9.93. The van der Waals surface area contributed by atoms with Gasteiger partial charge in [0.1, 0.15) is 31.0 Å². The average Bonchev–Trinajstić information content (AvgIpc) is 3.01. The fourth-order valence-corrected chi connectivity index (χ4v) is 23.6. The van der Waals surface area contributed by atoms with Crippen LogP contribution < -0.4 is 5.73 Å². The van der Waals surface area contributed by atoms with E-state index in [1.54, 1.807) is 5.41 Å². The standard InChI is InChI=1S/C35H78ClNO5S3Si3/c1-22-31(23-2)38-45(44(17,36)26-5,40-33(11,12)48(21,29-8)42-35(14,25-4)46(18,19)27-6)41-34(13,24-3)43(15,16)39-32(9,10)47(20,28-7)30-37/h26-28,31H,5-7,22-25,29-30,37H2,1-4,8-21H3. The van der Waals surface area contributed by atoms with Gasteiger partial charge in [-0.05, 0) is 129 Å². The van der Waals surface area contributed by atoms with Crippen molar-refractivity contribution in [2.75, 3.05) is 24.9 Å². The first-order chi connectivity index (χ1) is 21.5. The summed E-state index contributed by atoms with van der Waals surface area (Å²) in [6.07, 6.45) is 9.87. The van der Waals surface area contributed by atoms with E-state index < -0.39 is 68.3 Å². The van der Waals surface area contributed by atoms with Crippen LogP contribution in [0.4, 0.5) is 0 Å². The van der Waals surface area contributed by atoms with Gasteiger partial charge in [0, 0.05) is 5.22 Å². The zero-order valence-corrected chi connectivity index (χ0v) is 40.6. The third-order valence-corrected chi connectivity index (χ3v) is 37.6. The maximum Gasteiger partial charge on any atom is 0.222 e. The Balaban J connectivity index is 7.73. The Hall–Kier alpha value is 0.971. The van der Waals surface area contributed by atoms with E-state index in [0.717, 1.165) is 25.3 Å². The van der Waals surface area contributed by atoms with Gasteiger partial charge in [-0.3, -0.25) is 12.5 Å². The number of rotatable bonds is 24. The first-order valence-electron chi connectivity index (χ1n) is 17.6. The smallest absolute Gasteiger partial charge is 0.222 e. The van der Waals surface area contributed by atoms with Crippen molar-refractivity contribution in [3.05, 3.63) is 36.5 Å². The largest absolute Gasteiger partial charge is 0.411 e. The summed E-state index contributed by atoms with van der Waals surface area (Å²) in [5.41, 5.74) is 10.5. The summed E-state index contributed by atoms with van der Waals surface area (Å²) < 4.78 is 37.0. The lowest BCUT2D eigenvalue weighted by Gasteiger charge is -2.61. The quantitative estimate of drug-likeness (QED) is 0.0773. The van der Waals surface area contributed by atoms with Gasteiger partial charge in [0.25, 0.3) is 0 Å². The molecule has 0 aliphatic rings. The van der Waals surface area contributed by atoms with Gasteiger partial charge in [-0.15, -0.1) is 23.5 Å². The molecule has 0 amide bonds. The van der Waals surface area contributed by atoms with Crippen molar-refractivity contribution in [1.29, 1.82) is 0 Å². The predicted octanol–water partition coefficient (Wildman–Crippen LogP) is 12.2. The van der Waals surface area contributed by atoms with Gasteiger partial charge < -0.3 is 14.3 Å². The summed E-state index contributed by atoms with van der Waals surface area (Å²) >= 11 is 0. The highest BCUT2D eigenvalue weighted by Gasteiger charge is 2.60. The number of hydrogen-bond acceptors (Lipinski definition) is 6. The predicted molar refractivity (Wildman–Crippen MR) is 233 cm³/mol. The second kappa shape index (κ2) is 17.4. The van der Waals surface area contributed by atoms with Crippen molar-refractivity contribution in [1.82, 2.24) is 0 Å². The molecule has 0 aliphatic carbocycles. The van der Waals surface area contributed by atoms with Crippen LogP contribution in [0.1, 0.15) is 102 Å². The van der Waals surface area contributed by atoms with E-state index >= 15 is 0 Å². The molecule has 0 saturated heterocycles. The van der Waals surface area contributed by atoms with Gasteiger partial charge in [-0.2, -0.15) is 0 Å².